The van der Waals surface area contributed by atoms with Gasteiger partial charge in [0.15, 0.2) is 10.2 Å². The number of aromatic nitrogens is 3. The van der Waals surface area contributed by atoms with Crippen molar-refractivity contribution in [1.82, 2.24) is 15.4 Å². The second-order valence-electron chi connectivity index (χ2n) is 4.67. The molecule has 2 heterocycles. The van der Waals surface area contributed by atoms with Crippen LogP contribution in [0.1, 0.15) is 5.76 Å². The highest BCUT2D eigenvalue weighted by atomic mass is 79.9. The van der Waals surface area contributed by atoms with Crippen LogP contribution < -0.4 is 10.6 Å². The summed E-state index contributed by atoms with van der Waals surface area (Å²) in [4.78, 5) is 11.9. The fraction of sp³-hybridized carbons (Fsp3) is 0.143. The molecule has 0 aliphatic carbocycles. The summed E-state index contributed by atoms with van der Waals surface area (Å²) in [5, 5.41) is 18.3. The molecule has 0 saturated carbocycles. The molecule has 0 aliphatic rings. The molecule has 1 aromatic carbocycles. The van der Waals surface area contributed by atoms with E-state index in [-0.39, 0.29) is 11.7 Å². The van der Waals surface area contributed by atoms with Gasteiger partial charge in [-0.3, -0.25) is 4.79 Å². The van der Waals surface area contributed by atoms with E-state index < -0.39 is 0 Å². The third-order valence-corrected chi connectivity index (χ3v) is 5.17. The van der Waals surface area contributed by atoms with Gasteiger partial charge in [0.1, 0.15) is 5.76 Å². The van der Waals surface area contributed by atoms with Gasteiger partial charge in [-0.2, -0.15) is 0 Å². The van der Waals surface area contributed by atoms with Crippen LogP contribution in [0.4, 0.5) is 16.6 Å². The average molecular weight is 426 g/mol. The lowest BCUT2D eigenvalue weighted by Crippen LogP contribution is -2.14. The van der Waals surface area contributed by atoms with Gasteiger partial charge >= 0.3 is 0 Å². The smallest absolute Gasteiger partial charge is 0.236 e. The van der Waals surface area contributed by atoms with Crippen LogP contribution in [0.25, 0.3) is 0 Å². The van der Waals surface area contributed by atoms with Crippen molar-refractivity contribution in [3.8, 4) is 0 Å². The van der Waals surface area contributed by atoms with Crippen molar-refractivity contribution in [2.75, 3.05) is 16.4 Å². The van der Waals surface area contributed by atoms with E-state index in [1.54, 1.807) is 13.0 Å². The molecule has 0 aliphatic heterocycles. The standard InChI is InChI=1S/C14H12BrN5O2S2/c1-8-5-11(20-22-8)17-12(21)7-23-14-19-18-13(24-14)16-10-4-2-3-9(15)6-10/h2-6H,7H2,1H3,(H,16,18)(H,17,20,21). The minimum absolute atomic E-state index is 0.176. The normalized spacial score (nSPS) is 10.6. The van der Waals surface area contributed by atoms with Crippen LogP contribution >= 0.6 is 39.0 Å². The van der Waals surface area contributed by atoms with Crippen LogP contribution in [-0.2, 0) is 4.79 Å². The second-order valence-corrected chi connectivity index (χ2v) is 7.78. The summed E-state index contributed by atoms with van der Waals surface area (Å²) in [6, 6.07) is 9.42. The quantitative estimate of drug-likeness (QED) is 0.574. The van der Waals surface area contributed by atoms with Crippen molar-refractivity contribution in [1.29, 1.82) is 0 Å². The zero-order valence-corrected chi connectivity index (χ0v) is 15.7. The first-order valence-electron chi connectivity index (χ1n) is 6.80. The number of halogens is 1. The maximum atomic E-state index is 11.9. The minimum Gasteiger partial charge on any atom is -0.360 e. The Morgan fingerprint density at radius 3 is 3.00 bits per heavy atom. The highest BCUT2D eigenvalue weighted by Crippen LogP contribution is 2.28. The Hall–Kier alpha value is -1.91. The predicted molar refractivity (Wildman–Crippen MR) is 97.9 cm³/mol. The van der Waals surface area contributed by atoms with Gasteiger partial charge in [-0.1, -0.05) is 50.3 Å². The first kappa shape index (κ1) is 16.9. The van der Waals surface area contributed by atoms with Crippen molar-refractivity contribution in [2.24, 2.45) is 0 Å². The molecule has 3 aromatic rings. The summed E-state index contributed by atoms with van der Waals surface area (Å²) >= 11 is 6.12. The van der Waals surface area contributed by atoms with E-state index in [0.29, 0.717) is 21.0 Å². The summed E-state index contributed by atoms with van der Waals surface area (Å²) in [5.74, 6) is 1.10. The lowest BCUT2D eigenvalue weighted by Gasteiger charge is -2.01. The number of carbonyl (C=O) groups is 1. The SMILES string of the molecule is Cc1cc(NC(=O)CSc2nnc(Nc3cccc(Br)c3)s2)no1. The zero-order chi connectivity index (χ0) is 16.9. The van der Waals surface area contributed by atoms with Crippen molar-refractivity contribution in [3.05, 3.63) is 40.6 Å². The monoisotopic (exact) mass is 425 g/mol. The fourth-order valence-corrected chi connectivity index (χ4v) is 3.71. The van der Waals surface area contributed by atoms with E-state index >= 15 is 0 Å². The molecule has 124 valence electrons. The number of amides is 1. The highest BCUT2D eigenvalue weighted by molar-refractivity contribution is 9.10. The van der Waals surface area contributed by atoms with E-state index in [9.17, 15) is 4.79 Å². The Labute approximate surface area is 154 Å². The Morgan fingerprint density at radius 2 is 2.25 bits per heavy atom. The highest BCUT2D eigenvalue weighted by Gasteiger charge is 2.10. The van der Waals surface area contributed by atoms with Crippen molar-refractivity contribution in [3.63, 3.8) is 0 Å². The van der Waals surface area contributed by atoms with E-state index in [1.807, 2.05) is 24.3 Å². The molecule has 0 saturated heterocycles. The van der Waals surface area contributed by atoms with E-state index in [0.717, 1.165) is 10.2 Å². The summed E-state index contributed by atoms with van der Waals surface area (Å²) in [6.07, 6.45) is 0. The van der Waals surface area contributed by atoms with Crippen molar-refractivity contribution >= 4 is 61.6 Å². The Kier molecular flexibility index (Phi) is 5.48. The van der Waals surface area contributed by atoms with Gasteiger partial charge in [-0.05, 0) is 25.1 Å². The topological polar surface area (TPSA) is 92.9 Å². The molecule has 7 nitrogen and oxygen atoms in total. The van der Waals surface area contributed by atoms with Gasteiger partial charge in [0.25, 0.3) is 0 Å². The first-order valence-corrected chi connectivity index (χ1v) is 9.40. The Morgan fingerprint density at radius 1 is 1.38 bits per heavy atom. The largest absolute Gasteiger partial charge is 0.360 e. The first-order chi connectivity index (χ1) is 11.6. The van der Waals surface area contributed by atoms with Gasteiger partial charge in [-0.25, -0.2) is 0 Å². The second kappa shape index (κ2) is 7.77. The van der Waals surface area contributed by atoms with E-state index in [2.05, 4.69) is 41.9 Å². The number of rotatable bonds is 6. The summed E-state index contributed by atoms with van der Waals surface area (Å²) < 4.78 is 6.58. The van der Waals surface area contributed by atoms with Crippen molar-refractivity contribution < 1.29 is 9.32 Å². The zero-order valence-electron chi connectivity index (χ0n) is 12.4. The maximum absolute atomic E-state index is 11.9. The van der Waals surface area contributed by atoms with Gasteiger partial charge in [0, 0.05) is 16.2 Å². The third-order valence-electron chi connectivity index (χ3n) is 2.70. The molecule has 0 unspecified atom stereocenters. The number of thioether (sulfide) groups is 1. The van der Waals surface area contributed by atoms with Gasteiger partial charge < -0.3 is 15.2 Å². The molecule has 0 radical (unpaired) electrons. The number of aryl methyl sites for hydroxylation is 1. The molecule has 0 atom stereocenters. The number of hydrogen-bond acceptors (Lipinski definition) is 8. The van der Waals surface area contributed by atoms with Crippen LogP contribution in [0.15, 0.2) is 43.7 Å². The number of hydrogen-bond donors (Lipinski definition) is 2. The Balaban J connectivity index is 1.51. The van der Waals surface area contributed by atoms with Crippen LogP contribution in [0, 0.1) is 6.92 Å². The van der Waals surface area contributed by atoms with Crippen LogP contribution in [0.5, 0.6) is 0 Å². The summed E-state index contributed by atoms with van der Waals surface area (Å²) in [5.41, 5.74) is 0.913. The molecular weight excluding hydrogens is 414 g/mol. The van der Waals surface area contributed by atoms with Gasteiger partial charge in [-0.15, -0.1) is 10.2 Å². The number of nitrogens with one attached hydrogen (secondary N) is 2. The molecule has 0 spiro atoms. The predicted octanol–water partition coefficient (Wildman–Crippen LogP) is 4.07. The summed E-state index contributed by atoms with van der Waals surface area (Å²) in [7, 11) is 0. The van der Waals surface area contributed by atoms with Crippen LogP contribution in [-0.4, -0.2) is 27.0 Å². The molecular formula is C14H12BrN5O2S2. The fourth-order valence-electron chi connectivity index (χ4n) is 1.74. The minimum atomic E-state index is -0.176. The molecule has 2 N–H and O–H groups in total. The lowest BCUT2D eigenvalue weighted by molar-refractivity contribution is -0.113. The average Bonchev–Trinajstić information content (AvgIpc) is 3.14. The van der Waals surface area contributed by atoms with Crippen LogP contribution in [0.3, 0.4) is 0 Å². The van der Waals surface area contributed by atoms with Crippen LogP contribution in [0.2, 0.25) is 0 Å². The molecule has 10 heteroatoms. The molecule has 24 heavy (non-hydrogen) atoms. The molecule has 0 bridgehead atoms. The molecule has 2 aromatic heterocycles. The molecule has 3 rings (SSSR count). The molecule has 1 amide bonds. The van der Waals surface area contributed by atoms with Crippen molar-refractivity contribution in [2.45, 2.75) is 11.3 Å². The number of benzene rings is 1. The maximum Gasteiger partial charge on any atom is 0.236 e. The van der Waals surface area contributed by atoms with Gasteiger partial charge in [0.2, 0.25) is 11.0 Å². The molecule has 0 fully saturated rings. The summed E-state index contributed by atoms with van der Waals surface area (Å²) in [6.45, 7) is 1.76. The Bertz CT molecular complexity index is 851. The third kappa shape index (κ3) is 4.79. The number of nitrogens with zero attached hydrogens (tertiary/aromatic N) is 3. The lowest BCUT2D eigenvalue weighted by atomic mass is 10.3. The van der Waals surface area contributed by atoms with E-state index in [1.165, 1.54) is 23.1 Å². The van der Waals surface area contributed by atoms with Gasteiger partial charge in [0.05, 0.1) is 5.75 Å². The number of anilines is 3. The van der Waals surface area contributed by atoms with E-state index in [4.69, 9.17) is 4.52 Å². The number of carbonyl (C=O) groups excluding carboxylic acids is 1.